The number of nitrogens with zero attached hydrogens (tertiary/aromatic N) is 1. The molecule has 2 atom stereocenters. The molecule has 3 aliphatic rings. The van der Waals surface area contributed by atoms with Crippen LogP contribution < -0.4 is 5.32 Å². The maximum atomic E-state index is 12.7. The van der Waals surface area contributed by atoms with Gasteiger partial charge in [-0.3, -0.25) is 9.59 Å². The van der Waals surface area contributed by atoms with E-state index in [4.69, 9.17) is 4.74 Å². The second kappa shape index (κ2) is 8.21. The quantitative estimate of drug-likeness (QED) is 0.704. The van der Waals surface area contributed by atoms with Crippen molar-refractivity contribution in [2.75, 3.05) is 19.7 Å². The van der Waals surface area contributed by atoms with Gasteiger partial charge < -0.3 is 20.1 Å². The van der Waals surface area contributed by atoms with Crippen molar-refractivity contribution in [2.45, 2.75) is 38.1 Å². The van der Waals surface area contributed by atoms with Crippen LogP contribution in [0.1, 0.15) is 43.2 Å². The minimum absolute atomic E-state index is 0.0210. The molecule has 2 aromatic carbocycles. The van der Waals surface area contributed by atoms with Crippen LogP contribution in [0, 0.1) is 11.3 Å². The van der Waals surface area contributed by atoms with Crippen LogP contribution in [0.15, 0.2) is 48.5 Å². The number of alkyl carbamates (subject to hydrolysis) is 1. The molecule has 1 saturated carbocycles. The van der Waals surface area contributed by atoms with Crippen LogP contribution >= 0.6 is 0 Å². The summed E-state index contributed by atoms with van der Waals surface area (Å²) in [4.78, 5) is 38.3. The smallest absolute Gasteiger partial charge is 0.407 e. The summed E-state index contributed by atoms with van der Waals surface area (Å²) < 4.78 is 5.56. The number of hydrogen-bond donors (Lipinski definition) is 2. The molecular weight excluding hydrogens is 420 g/mol. The number of carbonyl (C=O) groups excluding carboxylic acids is 2. The average Bonchev–Trinajstić information content (AvgIpc) is 3.34. The minimum Gasteiger partial charge on any atom is -0.481 e. The number of rotatable bonds is 6. The molecule has 0 bridgehead atoms. The predicted molar refractivity (Wildman–Crippen MR) is 122 cm³/mol. The van der Waals surface area contributed by atoms with Gasteiger partial charge in [0.2, 0.25) is 5.91 Å². The molecule has 2 fully saturated rings. The van der Waals surface area contributed by atoms with Crippen LogP contribution in [0.5, 0.6) is 0 Å². The van der Waals surface area contributed by atoms with Crippen molar-refractivity contribution in [3.05, 3.63) is 59.7 Å². The molecule has 1 spiro atoms. The Labute approximate surface area is 192 Å². The third kappa shape index (κ3) is 3.96. The van der Waals surface area contributed by atoms with Crippen LogP contribution in [0.3, 0.4) is 0 Å². The summed E-state index contributed by atoms with van der Waals surface area (Å²) in [5.74, 6) is -1.46. The molecule has 0 radical (unpaired) electrons. The van der Waals surface area contributed by atoms with Crippen molar-refractivity contribution in [1.82, 2.24) is 10.2 Å². The normalized spacial score (nSPS) is 20.8. The van der Waals surface area contributed by atoms with E-state index in [0.717, 1.165) is 24.0 Å². The lowest BCUT2D eigenvalue weighted by atomic mass is 9.93. The lowest BCUT2D eigenvalue weighted by Gasteiger charge is -2.20. The largest absolute Gasteiger partial charge is 0.481 e. The van der Waals surface area contributed by atoms with Crippen molar-refractivity contribution in [3.8, 4) is 11.1 Å². The number of aliphatic carboxylic acids is 1. The van der Waals surface area contributed by atoms with E-state index >= 15 is 0 Å². The van der Waals surface area contributed by atoms with E-state index in [1.807, 2.05) is 24.3 Å². The van der Waals surface area contributed by atoms with Crippen molar-refractivity contribution in [3.63, 3.8) is 0 Å². The van der Waals surface area contributed by atoms with Gasteiger partial charge in [-0.25, -0.2) is 4.79 Å². The first-order valence-electron chi connectivity index (χ1n) is 11.5. The Morgan fingerprint density at radius 3 is 2.24 bits per heavy atom. The Morgan fingerprint density at radius 1 is 1.09 bits per heavy atom. The summed E-state index contributed by atoms with van der Waals surface area (Å²) in [6, 6.07) is 15.9. The minimum atomic E-state index is -0.826. The number of carboxylic acid groups (broad SMARTS) is 1. The molecule has 2 aromatic rings. The van der Waals surface area contributed by atoms with Crippen LogP contribution in [-0.2, 0) is 14.3 Å². The predicted octanol–water partition coefficient (Wildman–Crippen LogP) is 3.63. The SMILES string of the molecule is C[C@H](CC(=O)N1CC(C(=O)O)C2(CC2)C1)NC(=O)OCC1c2ccccc2-c2ccccc21. The highest BCUT2D eigenvalue weighted by atomic mass is 16.5. The molecule has 7 heteroatoms. The zero-order valence-electron chi connectivity index (χ0n) is 18.6. The first-order valence-corrected chi connectivity index (χ1v) is 11.5. The van der Waals surface area contributed by atoms with Gasteiger partial charge in [0.05, 0.1) is 5.92 Å². The van der Waals surface area contributed by atoms with Crippen molar-refractivity contribution < 1.29 is 24.2 Å². The topological polar surface area (TPSA) is 95.9 Å². The number of carboxylic acids is 1. The zero-order chi connectivity index (χ0) is 23.2. The third-order valence-electron chi connectivity index (χ3n) is 7.38. The number of carbonyl (C=O) groups is 3. The highest BCUT2D eigenvalue weighted by Gasteiger charge is 2.58. The Balaban J connectivity index is 1.15. The number of fused-ring (bicyclic) bond motifs is 3. The first kappa shape index (κ1) is 21.5. The summed E-state index contributed by atoms with van der Waals surface area (Å²) in [7, 11) is 0. The summed E-state index contributed by atoms with van der Waals surface area (Å²) in [6.45, 7) is 2.73. The van der Waals surface area contributed by atoms with Gasteiger partial charge in [0.25, 0.3) is 0 Å². The number of ether oxygens (including phenoxy) is 1. The Kier molecular flexibility index (Phi) is 5.35. The number of hydrogen-bond acceptors (Lipinski definition) is 4. The van der Waals surface area contributed by atoms with Crippen LogP contribution in [0.4, 0.5) is 4.79 Å². The van der Waals surface area contributed by atoms with Crippen molar-refractivity contribution in [2.24, 2.45) is 11.3 Å². The highest BCUT2D eigenvalue weighted by molar-refractivity contribution is 5.81. The van der Waals surface area contributed by atoms with Gasteiger partial charge in [-0.2, -0.15) is 0 Å². The van der Waals surface area contributed by atoms with Crippen molar-refractivity contribution in [1.29, 1.82) is 0 Å². The molecule has 1 unspecified atom stereocenters. The van der Waals surface area contributed by atoms with Crippen LogP contribution in [0.2, 0.25) is 0 Å². The van der Waals surface area contributed by atoms with Gasteiger partial charge in [-0.1, -0.05) is 48.5 Å². The number of nitrogens with one attached hydrogen (secondary N) is 1. The van der Waals surface area contributed by atoms with Gasteiger partial charge in [0.15, 0.2) is 0 Å². The lowest BCUT2D eigenvalue weighted by molar-refractivity contribution is -0.143. The Bertz CT molecular complexity index is 1060. The monoisotopic (exact) mass is 448 g/mol. The molecular formula is C26H28N2O5. The van der Waals surface area contributed by atoms with E-state index in [0.29, 0.717) is 6.54 Å². The summed E-state index contributed by atoms with van der Waals surface area (Å²) in [6.07, 6.45) is 1.29. The second-order valence-electron chi connectivity index (χ2n) is 9.60. The fraction of sp³-hybridized carbons (Fsp3) is 0.423. The molecule has 5 rings (SSSR count). The van der Waals surface area contributed by atoms with E-state index in [1.165, 1.54) is 11.1 Å². The molecule has 2 N–H and O–H groups in total. The van der Waals surface area contributed by atoms with Crippen molar-refractivity contribution >= 4 is 18.0 Å². The molecule has 2 amide bonds. The van der Waals surface area contributed by atoms with Gasteiger partial charge in [0.1, 0.15) is 6.61 Å². The first-order chi connectivity index (χ1) is 15.9. The highest BCUT2D eigenvalue weighted by Crippen LogP contribution is 2.56. The summed E-state index contributed by atoms with van der Waals surface area (Å²) >= 11 is 0. The van der Waals surface area contributed by atoms with Gasteiger partial charge in [0, 0.05) is 36.9 Å². The standard InChI is InChI=1S/C26H28N2O5/c1-16(12-23(29)28-13-22(24(30)31)26(15-28)10-11-26)27-25(32)33-14-21-19-8-4-2-6-17(19)18-7-3-5-9-20(18)21/h2-9,16,21-22H,10-15H2,1H3,(H,27,32)(H,30,31)/t16-,22?/m1/s1. The molecule has 172 valence electrons. The van der Waals surface area contributed by atoms with E-state index in [-0.39, 0.29) is 36.8 Å². The molecule has 1 heterocycles. The van der Waals surface area contributed by atoms with Gasteiger partial charge in [-0.05, 0) is 42.0 Å². The van der Waals surface area contributed by atoms with E-state index in [2.05, 4.69) is 29.6 Å². The van der Waals surface area contributed by atoms with E-state index < -0.39 is 24.0 Å². The van der Waals surface area contributed by atoms with Crippen LogP contribution in [-0.4, -0.2) is 53.7 Å². The molecule has 1 aliphatic heterocycles. The molecule has 33 heavy (non-hydrogen) atoms. The fourth-order valence-corrected chi connectivity index (χ4v) is 5.45. The Morgan fingerprint density at radius 2 is 1.70 bits per heavy atom. The number of amides is 2. The zero-order valence-corrected chi connectivity index (χ0v) is 18.6. The van der Waals surface area contributed by atoms with Gasteiger partial charge >= 0.3 is 12.1 Å². The van der Waals surface area contributed by atoms with Crippen LogP contribution in [0.25, 0.3) is 11.1 Å². The number of likely N-dealkylation sites (tertiary alicyclic amines) is 1. The molecule has 7 nitrogen and oxygen atoms in total. The molecule has 2 aliphatic carbocycles. The Hall–Kier alpha value is -3.35. The maximum absolute atomic E-state index is 12.7. The maximum Gasteiger partial charge on any atom is 0.407 e. The van der Waals surface area contributed by atoms with Gasteiger partial charge in [-0.15, -0.1) is 0 Å². The average molecular weight is 449 g/mol. The third-order valence-corrected chi connectivity index (χ3v) is 7.38. The van der Waals surface area contributed by atoms with E-state index in [9.17, 15) is 19.5 Å². The lowest BCUT2D eigenvalue weighted by Crippen LogP contribution is -2.39. The summed E-state index contributed by atoms with van der Waals surface area (Å²) in [5.41, 5.74) is 4.39. The molecule has 0 aromatic heterocycles. The molecule has 1 saturated heterocycles. The fourth-order valence-electron chi connectivity index (χ4n) is 5.45. The summed E-state index contributed by atoms with van der Waals surface area (Å²) in [5, 5.41) is 12.2. The number of benzene rings is 2. The second-order valence-corrected chi connectivity index (χ2v) is 9.60. The van der Waals surface area contributed by atoms with E-state index in [1.54, 1.807) is 11.8 Å².